The van der Waals surface area contributed by atoms with Gasteiger partial charge in [0.1, 0.15) is 0 Å². The lowest BCUT2D eigenvalue weighted by Crippen LogP contribution is -2.43. The Balaban J connectivity index is 1.45. The molecule has 0 unspecified atom stereocenters. The Labute approximate surface area is 179 Å². The van der Waals surface area contributed by atoms with E-state index in [4.69, 9.17) is 0 Å². The highest BCUT2D eigenvalue weighted by Crippen LogP contribution is 2.31. The number of amides is 1. The number of aliphatic hydroxyl groups is 1. The van der Waals surface area contributed by atoms with E-state index in [-0.39, 0.29) is 23.5 Å². The molecule has 6 heteroatoms. The van der Waals surface area contributed by atoms with Gasteiger partial charge in [-0.05, 0) is 55.2 Å². The van der Waals surface area contributed by atoms with Crippen LogP contribution >= 0.6 is 0 Å². The van der Waals surface area contributed by atoms with Crippen LogP contribution in [-0.4, -0.2) is 51.4 Å². The van der Waals surface area contributed by atoms with Crippen molar-refractivity contribution in [1.29, 1.82) is 0 Å². The van der Waals surface area contributed by atoms with Crippen molar-refractivity contribution < 1.29 is 9.90 Å². The minimum atomic E-state index is -0.214. The zero-order valence-corrected chi connectivity index (χ0v) is 18.4. The van der Waals surface area contributed by atoms with E-state index < -0.39 is 0 Å². The number of nitrogens with one attached hydrogen (secondary N) is 1. The van der Waals surface area contributed by atoms with Gasteiger partial charge >= 0.3 is 0 Å². The van der Waals surface area contributed by atoms with Crippen molar-refractivity contribution in [3.63, 3.8) is 0 Å². The van der Waals surface area contributed by atoms with Gasteiger partial charge in [-0.25, -0.2) is 4.68 Å². The molecule has 162 valence electrons. The molecule has 2 aliphatic rings. The van der Waals surface area contributed by atoms with Gasteiger partial charge in [0.05, 0.1) is 30.6 Å². The van der Waals surface area contributed by atoms with Crippen molar-refractivity contribution in [2.75, 3.05) is 19.6 Å². The summed E-state index contributed by atoms with van der Waals surface area (Å²) in [5.41, 5.74) is 4.86. The number of likely N-dealkylation sites (tertiary alicyclic amines) is 1. The highest BCUT2D eigenvalue weighted by Gasteiger charge is 2.27. The van der Waals surface area contributed by atoms with Gasteiger partial charge in [-0.3, -0.25) is 9.69 Å². The summed E-state index contributed by atoms with van der Waals surface area (Å²) >= 11 is 0. The number of aromatic nitrogens is 2. The van der Waals surface area contributed by atoms with Crippen molar-refractivity contribution in [2.45, 2.75) is 70.4 Å². The Morgan fingerprint density at radius 1 is 1.17 bits per heavy atom. The molecule has 1 saturated heterocycles. The molecular formula is C24H34N4O2. The lowest BCUT2D eigenvalue weighted by molar-refractivity contribution is -0.123. The second-order valence-electron chi connectivity index (χ2n) is 9.77. The van der Waals surface area contributed by atoms with Crippen LogP contribution in [0, 0.1) is 0 Å². The van der Waals surface area contributed by atoms with Gasteiger partial charge in [0, 0.05) is 24.3 Å². The van der Waals surface area contributed by atoms with E-state index in [2.05, 4.69) is 60.4 Å². The fraction of sp³-hybridized carbons (Fsp3) is 0.583. The van der Waals surface area contributed by atoms with E-state index in [1.807, 2.05) is 10.9 Å². The van der Waals surface area contributed by atoms with E-state index in [1.54, 1.807) is 0 Å². The van der Waals surface area contributed by atoms with Crippen LogP contribution in [0.1, 0.15) is 69.3 Å². The maximum absolute atomic E-state index is 12.6. The highest BCUT2D eigenvalue weighted by atomic mass is 16.3. The Morgan fingerprint density at radius 2 is 1.87 bits per heavy atom. The molecule has 1 aliphatic carbocycles. The van der Waals surface area contributed by atoms with Gasteiger partial charge in [0.15, 0.2) is 0 Å². The molecule has 2 aromatic rings. The third-order valence-electron chi connectivity index (χ3n) is 6.42. The number of benzene rings is 1. The first-order valence-electron chi connectivity index (χ1n) is 11.2. The van der Waals surface area contributed by atoms with Crippen LogP contribution in [0.4, 0.5) is 0 Å². The summed E-state index contributed by atoms with van der Waals surface area (Å²) in [6, 6.07) is 8.67. The molecule has 2 heterocycles. The summed E-state index contributed by atoms with van der Waals surface area (Å²) in [7, 11) is 0. The smallest absolute Gasteiger partial charge is 0.234 e. The average molecular weight is 411 g/mol. The summed E-state index contributed by atoms with van der Waals surface area (Å²) < 4.78 is 2.03. The molecule has 0 saturated carbocycles. The molecule has 0 bridgehead atoms. The fourth-order valence-corrected chi connectivity index (χ4v) is 4.55. The van der Waals surface area contributed by atoms with Crippen molar-refractivity contribution in [2.24, 2.45) is 0 Å². The molecule has 4 rings (SSSR count). The van der Waals surface area contributed by atoms with Crippen LogP contribution in [0.3, 0.4) is 0 Å². The normalized spacial score (nSPS) is 20.7. The second kappa shape index (κ2) is 8.52. The first-order chi connectivity index (χ1) is 14.3. The number of hydrogen-bond donors (Lipinski definition) is 2. The lowest BCUT2D eigenvalue weighted by Gasteiger charge is -2.30. The van der Waals surface area contributed by atoms with Crippen LogP contribution in [0.5, 0.6) is 0 Å². The molecule has 2 N–H and O–H groups in total. The summed E-state index contributed by atoms with van der Waals surface area (Å²) in [6.07, 6.45) is 6.18. The zero-order chi connectivity index (χ0) is 21.3. The van der Waals surface area contributed by atoms with Crippen LogP contribution in [0.15, 0.2) is 30.5 Å². The molecule has 1 fully saturated rings. The standard InChI is InChI=1S/C24H34N4O2/c1-24(2,3)17-7-9-18(10-8-17)28-22-6-4-5-21(20(22)15-25-28)26-23(30)16-27-13-11-19(29)12-14-27/h7-10,15,19,21,29H,4-6,11-14,16H2,1-3H3,(H,26,30)/t21-/m1/s1. The third kappa shape index (κ3) is 4.60. The quantitative estimate of drug-likeness (QED) is 0.813. The van der Waals surface area contributed by atoms with Gasteiger partial charge in [-0.15, -0.1) is 0 Å². The summed E-state index contributed by atoms with van der Waals surface area (Å²) in [6.45, 7) is 8.63. The van der Waals surface area contributed by atoms with Crippen LogP contribution < -0.4 is 5.32 Å². The second-order valence-corrected chi connectivity index (χ2v) is 9.77. The van der Waals surface area contributed by atoms with Crippen molar-refractivity contribution in [1.82, 2.24) is 20.0 Å². The summed E-state index contributed by atoms with van der Waals surface area (Å²) in [5.74, 6) is 0.0616. The number of carbonyl (C=O) groups excluding carboxylic acids is 1. The number of carbonyl (C=O) groups is 1. The molecule has 1 aromatic heterocycles. The van der Waals surface area contributed by atoms with Gasteiger partial charge < -0.3 is 10.4 Å². The number of fused-ring (bicyclic) bond motifs is 1. The molecule has 0 spiro atoms. The first-order valence-corrected chi connectivity index (χ1v) is 11.2. The Hall–Kier alpha value is -2.18. The molecule has 1 amide bonds. The first kappa shape index (κ1) is 21.1. The zero-order valence-electron chi connectivity index (χ0n) is 18.4. The summed E-state index contributed by atoms with van der Waals surface area (Å²) in [4.78, 5) is 14.8. The maximum Gasteiger partial charge on any atom is 0.234 e. The van der Waals surface area contributed by atoms with Crippen LogP contribution in [-0.2, 0) is 16.6 Å². The molecule has 0 radical (unpaired) electrons. The summed E-state index contributed by atoms with van der Waals surface area (Å²) in [5, 5.41) is 17.5. The van der Waals surface area contributed by atoms with Crippen molar-refractivity contribution >= 4 is 5.91 Å². The van der Waals surface area contributed by atoms with Crippen molar-refractivity contribution in [3.05, 3.63) is 47.3 Å². The van der Waals surface area contributed by atoms with Gasteiger partial charge in [-0.2, -0.15) is 5.10 Å². The molecule has 1 aliphatic heterocycles. The number of nitrogens with zero attached hydrogens (tertiary/aromatic N) is 3. The lowest BCUT2D eigenvalue weighted by atomic mass is 9.87. The van der Waals surface area contributed by atoms with E-state index in [9.17, 15) is 9.90 Å². The van der Waals surface area contributed by atoms with Crippen molar-refractivity contribution in [3.8, 4) is 5.69 Å². The predicted molar refractivity (Wildman–Crippen MR) is 118 cm³/mol. The Bertz CT molecular complexity index is 874. The topological polar surface area (TPSA) is 70.4 Å². The molecular weight excluding hydrogens is 376 g/mol. The van der Waals surface area contributed by atoms with E-state index in [0.717, 1.165) is 56.4 Å². The highest BCUT2D eigenvalue weighted by molar-refractivity contribution is 5.78. The minimum absolute atomic E-state index is 0.0271. The predicted octanol–water partition coefficient (Wildman–Crippen LogP) is 3.12. The number of hydrogen-bond acceptors (Lipinski definition) is 4. The third-order valence-corrected chi connectivity index (χ3v) is 6.42. The Morgan fingerprint density at radius 3 is 2.53 bits per heavy atom. The maximum atomic E-state index is 12.6. The largest absolute Gasteiger partial charge is 0.393 e. The molecule has 1 aromatic carbocycles. The monoisotopic (exact) mass is 410 g/mol. The molecule has 30 heavy (non-hydrogen) atoms. The molecule has 6 nitrogen and oxygen atoms in total. The molecule has 1 atom stereocenters. The SMILES string of the molecule is CC(C)(C)c1ccc(-n2ncc3c2CCC[C@H]3NC(=O)CN2CCC(O)CC2)cc1. The van der Waals surface area contributed by atoms with Gasteiger partial charge in [0.25, 0.3) is 0 Å². The van der Waals surface area contributed by atoms with Gasteiger partial charge in [0.2, 0.25) is 5.91 Å². The van der Waals surface area contributed by atoms with Crippen LogP contribution in [0.2, 0.25) is 0 Å². The fourth-order valence-electron chi connectivity index (χ4n) is 4.55. The number of aliphatic hydroxyl groups excluding tert-OH is 1. The van der Waals surface area contributed by atoms with Gasteiger partial charge in [-0.1, -0.05) is 32.9 Å². The minimum Gasteiger partial charge on any atom is -0.393 e. The Kier molecular flexibility index (Phi) is 5.98. The van der Waals surface area contributed by atoms with E-state index in [0.29, 0.717) is 6.54 Å². The van der Waals surface area contributed by atoms with E-state index >= 15 is 0 Å². The average Bonchev–Trinajstić information content (AvgIpc) is 3.14. The van der Waals surface area contributed by atoms with E-state index in [1.165, 1.54) is 11.3 Å². The number of piperidine rings is 1. The van der Waals surface area contributed by atoms with Crippen LogP contribution in [0.25, 0.3) is 5.69 Å². The number of rotatable bonds is 4.